The summed E-state index contributed by atoms with van der Waals surface area (Å²) in [6.45, 7) is 5.92. The fraction of sp³-hybridized carbons (Fsp3) is 0.321. The Morgan fingerprint density at radius 2 is 0.862 bits per heavy atom. The first-order valence-corrected chi connectivity index (χ1v) is 21.9. The molecule has 0 fully saturated rings. The van der Waals surface area contributed by atoms with E-state index in [4.69, 9.17) is 42.6 Å². The van der Waals surface area contributed by atoms with Crippen molar-refractivity contribution in [2.75, 3.05) is 46.2 Å². The van der Waals surface area contributed by atoms with Crippen molar-refractivity contribution in [2.45, 2.75) is 65.1 Å². The van der Waals surface area contributed by atoms with Crippen LogP contribution in [0.2, 0.25) is 0 Å². The van der Waals surface area contributed by atoms with E-state index in [0.29, 0.717) is 32.1 Å². The smallest absolute Gasteiger partial charge is 0.480 e. The van der Waals surface area contributed by atoms with Crippen LogP contribution in [0, 0.1) is 6.92 Å². The molecule has 6 rings (SSSR count). The van der Waals surface area contributed by atoms with E-state index in [9.17, 15) is 9.59 Å². The highest BCUT2D eigenvalue weighted by Crippen LogP contribution is 2.28. The van der Waals surface area contributed by atoms with Gasteiger partial charge in [-0.1, -0.05) is 152 Å². The summed E-state index contributed by atoms with van der Waals surface area (Å²) in [5, 5.41) is 0. The molecule has 1 aromatic heterocycles. The number of rotatable bonds is 28. The molecule has 1 heterocycles. The minimum atomic E-state index is -0.959. The van der Waals surface area contributed by atoms with Crippen LogP contribution in [0.15, 0.2) is 163 Å². The lowest BCUT2D eigenvalue weighted by Crippen LogP contribution is -2.38. The largest absolute Gasteiger partial charge is 0.513 e. The first-order valence-electron chi connectivity index (χ1n) is 21.9. The van der Waals surface area contributed by atoms with Gasteiger partial charge in [-0.2, -0.15) is 0 Å². The zero-order valence-electron chi connectivity index (χ0n) is 37.2. The Kier molecular flexibility index (Phi) is 20.3. The predicted molar refractivity (Wildman–Crippen MR) is 247 cm³/mol. The van der Waals surface area contributed by atoms with Crippen molar-refractivity contribution >= 4 is 6.16 Å². The highest BCUT2D eigenvalue weighted by molar-refractivity contribution is 5.65. The molecule has 0 radical (unpaired) electrons. The van der Waals surface area contributed by atoms with Gasteiger partial charge >= 0.3 is 6.16 Å². The Morgan fingerprint density at radius 1 is 0.508 bits per heavy atom. The van der Waals surface area contributed by atoms with E-state index in [1.165, 1.54) is 0 Å². The summed E-state index contributed by atoms with van der Waals surface area (Å²) in [5.74, 6) is -0.234. The van der Waals surface area contributed by atoms with Crippen molar-refractivity contribution in [2.24, 2.45) is 0 Å². The number of carbonyl (C=O) groups is 1. The van der Waals surface area contributed by atoms with Gasteiger partial charge in [0.25, 0.3) is 5.56 Å². The van der Waals surface area contributed by atoms with Crippen molar-refractivity contribution in [3.05, 3.63) is 202 Å². The first kappa shape index (κ1) is 48.3. The standard InChI is InChI=1S/C53H59NO11/c1-3-61-53(56)65-50-29-41(2)54(52(55)51(50)64-34-46-27-17-8-18-28-46)47(35-62-48(37-57-30-42-19-9-4-10-20-42)38-58-31-43-21-11-5-12-22-43)36-63-49(39-59-32-44-23-13-6-14-24-44)40-60-33-45-25-15-7-16-26-45/h4-29,47-49H,3,30-40H2,1-2H3. The maximum absolute atomic E-state index is 14.8. The summed E-state index contributed by atoms with van der Waals surface area (Å²) in [6, 6.07) is 49.8. The molecule has 0 unspecified atom stereocenters. The second kappa shape index (κ2) is 27.3. The lowest BCUT2D eigenvalue weighted by Gasteiger charge is -2.28. The van der Waals surface area contributed by atoms with Crippen molar-refractivity contribution in [1.82, 2.24) is 4.57 Å². The predicted octanol–water partition coefficient (Wildman–Crippen LogP) is 9.45. The lowest BCUT2D eigenvalue weighted by atomic mass is 10.2. The molecule has 0 saturated heterocycles. The number of aryl methyl sites for hydroxylation is 1. The molecule has 65 heavy (non-hydrogen) atoms. The van der Waals surface area contributed by atoms with Crippen LogP contribution in [0.3, 0.4) is 0 Å². The average molecular weight is 886 g/mol. The third-order valence-corrected chi connectivity index (χ3v) is 10.1. The number of hydrogen-bond acceptors (Lipinski definition) is 11. The van der Waals surface area contributed by atoms with Crippen molar-refractivity contribution in [3.63, 3.8) is 0 Å². The van der Waals surface area contributed by atoms with Gasteiger partial charge in [0.1, 0.15) is 18.8 Å². The molecule has 0 aliphatic carbocycles. The van der Waals surface area contributed by atoms with E-state index in [2.05, 4.69) is 0 Å². The number of nitrogens with zero attached hydrogens (tertiary/aromatic N) is 1. The summed E-state index contributed by atoms with van der Waals surface area (Å²) in [7, 11) is 0. The molecule has 0 bridgehead atoms. The molecule has 6 aromatic rings. The van der Waals surface area contributed by atoms with Crippen LogP contribution in [-0.2, 0) is 66.2 Å². The average Bonchev–Trinajstić information content (AvgIpc) is 3.33. The zero-order chi connectivity index (χ0) is 45.3. The summed E-state index contributed by atoms with van der Waals surface area (Å²) < 4.78 is 56.4. The molecule has 12 heteroatoms. The van der Waals surface area contributed by atoms with E-state index < -0.39 is 30.0 Å². The van der Waals surface area contributed by atoms with E-state index in [1.807, 2.05) is 152 Å². The first-order chi connectivity index (χ1) is 31.9. The molecule has 0 N–H and O–H groups in total. The molecular formula is C53H59NO11. The van der Waals surface area contributed by atoms with Gasteiger partial charge in [-0.3, -0.25) is 4.79 Å². The minimum Gasteiger partial charge on any atom is -0.480 e. The summed E-state index contributed by atoms with van der Waals surface area (Å²) in [4.78, 5) is 27.5. The van der Waals surface area contributed by atoms with Gasteiger partial charge in [-0.25, -0.2) is 4.79 Å². The summed E-state index contributed by atoms with van der Waals surface area (Å²) >= 11 is 0. The Hall–Kier alpha value is -6.12. The Morgan fingerprint density at radius 3 is 1.22 bits per heavy atom. The fourth-order valence-corrected chi connectivity index (χ4v) is 6.84. The van der Waals surface area contributed by atoms with Crippen molar-refractivity contribution in [1.29, 1.82) is 0 Å². The summed E-state index contributed by atoms with van der Waals surface area (Å²) in [5.41, 5.74) is 4.81. The van der Waals surface area contributed by atoms with Crippen LogP contribution in [0.25, 0.3) is 0 Å². The van der Waals surface area contributed by atoms with Crippen molar-refractivity contribution < 1.29 is 47.4 Å². The highest BCUT2D eigenvalue weighted by atomic mass is 16.7. The number of ether oxygens (including phenoxy) is 9. The molecule has 0 aliphatic rings. The van der Waals surface area contributed by atoms with E-state index in [-0.39, 0.29) is 64.4 Å². The van der Waals surface area contributed by atoms with Crippen LogP contribution in [0.1, 0.15) is 46.5 Å². The van der Waals surface area contributed by atoms with E-state index in [0.717, 1.165) is 27.8 Å². The van der Waals surface area contributed by atoms with Crippen LogP contribution in [-0.4, -0.2) is 69.2 Å². The Labute approximate surface area is 381 Å². The Bertz CT molecular complexity index is 2110. The Balaban J connectivity index is 1.28. The minimum absolute atomic E-state index is 0.00742. The molecule has 0 saturated carbocycles. The third kappa shape index (κ3) is 16.7. The van der Waals surface area contributed by atoms with Gasteiger partial charge in [-0.15, -0.1) is 0 Å². The lowest BCUT2D eigenvalue weighted by molar-refractivity contribution is -0.0989. The van der Waals surface area contributed by atoms with Crippen LogP contribution in [0.4, 0.5) is 4.79 Å². The topological polar surface area (TPSA) is 122 Å². The fourth-order valence-electron chi connectivity index (χ4n) is 6.84. The van der Waals surface area contributed by atoms with Gasteiger partial charge in [0.15, 0.2) is 5.75 Å². The van der Waals surface area contributed by atoms with Gasteiger partial charge < -0.3 is 47.2 Å². The number of pyridine rings is 1. The van der Waals surface area contributed by atoms with Crippen molar-refractivity contribution in [3.8, 4) is 11.5 Å². The quantitative estimate of drug-likeness (QED) is 0.0438. The van der Waals surface area contributed by atoms with Gasteiger partial charge in [0, 0.05) is 11.8 Å². The molecule has 12 nitrogen and oxygen atoms in total. The maximum atomic E-state index is 14.8. The van der Waals surface area contributed by atoms with Crippen LogP contribution in [0.5, 0.6) is 11.5 Å². The van der Waals surface area contributed by atoms with Gasteiger partial charge in [0.05, 0.1) is 78.7 Å². The molecule has 0 spiro atoms. The number of aromatic nitrogens is 1. The zero-order valence-corrected chi connectivity index (χ0v) is 37.2. The number of hydrogen-bond donors (Lipinski definition) is 0. The van der Waals surface area contributed by atoms with Gasteiger partial charge in [0.2, 0.25) is 5.75 Å². The third-order valence-electron chi connectivity index (χ3n) is 10.1. The van der Waals surface area contributed by atoms with Crippen LogP contribution < -0.4 is 15.0 Å². The van der Waals surface area contributed by atoms with E-state index >= 15 is 0 Å². The molecular weight excluding hydrogens is 827 g/mol. The monoisotopic (exact) mass is 885 g/mol. The molecule has 0 atom stereocenters. The van der Waals surface area contributed by atoms with E-state index in [1.54, 1.807) is 24.5 Å². The maximum Gasteiger partial charge on any atom is 0.513 e. The molecule has 5 aromatic carbocycles. The normalized spacial score (nSPS) is 11.3. The molecule has 0 amide bonds. The van der Waals surface area contributed by atoms with Gasteiger partial charge in [-0.05, 0) is 41.7 Å². The number of benzene rings is 5. The van der Waals surface area contributed by atoms with Crippen LogP contribution >= 0.6 is 0 Å². The summed E-state index contributed by atoms with van der Waals surface area (Å²) in [6.07, 6.45) is -2.01. The SMILES string of the molecule is CCOC(=O)Oc1cc(C)n(C(COC(COCc2ccccc2)COCc2ccccc2)COC(COCc2ccccc2)COCc2ccccc2)c(=O)c1OCc1ccccc1. The molecule has 0 aliphatic heterocycles. The second-order valence-corrected chi connectivity index (χ2v) is 15.3. The second-order valence-electron chi connectivity index (χ2n) is 15.3. The molecule has 342 valence electrons. The highest BCUT2D eigenvalue weighted by Gasteiger charge is 2.27. The number of carbonyl (C=O) groups excluding carboxylic acids is 1.